The second kappa shape index (κ2) is 6.41. The normalized spacial score (nSPS) is 15.5. The van der Waals surface area contributed by atoms with Gasteiger partial charge in [-0.2, -0.15) is 0 Å². The van der Waals surface area contributed by atoms with Gasteiger partial charge in [-0.3, -0.25) is 0 Å². The molecule has 1 fully saturated rings. The van der Waals surface area contributed by atoms with Crippen molar-refractivity contribution in [2.45, 2.75) is 39.0 Å². The molecule has 1 aliphatic rings. The predicted octanol–water partition coefficient (Wildman–Crippen LogP) is 6.99. The molecule has 0 unspecified atom stereocenters. The first-order chi connectivity index (χ1) is 15.6. The molecule has 3 aromatic carbocycles. The molecule has 2 nitrogen and oxygen atoms in total. The zero-order valence-corrected chi connectivity index (χ0v) is 18.6. The molecule has 3 heteroatoms. The van der Waals surface area contributed by atoms with Gasteiger partial charge in [-0.05, 0) is 47.9 Å². The largest absolute Gasteiger partial charge is 0.305 e. The average Bonchev–Trinajstić information content (AvgIpc) is 3.41. The summed E-state index contributed by atoms with van der Waals surface area (Å²) < 4.78 is 19.8. The topological polar surface area (TPSA) is 8.29 Å². The lowest BCUT2D eigenvalue weighted by atomic mass is 9.94. The first-order valence-electron chi connectivity index (χ1n) is 11.8. The highest BCUT2D eigenvalue weighted by Gasteiger charge is 2.25. The summed E-state index contributed by atoms with van der Waals surface area (Å²) in [4.78, 5) is 0. The van der Waals surface area contributed by atoms with E-state index in [2.05, 4.69) is 65.5 Å². The molecular formula is C29H26FN2+. The van der Waals surface area contributed by atoms with Crippen LogP contribution in [0, 0.1) is 18.7 Å². The van der Waals surface area contributed by atoms with Crippen molar-refractivity contribution in [3.8, 4) is 0 Å². The van der Waals surface area contributed by atoms with E-state index in [0.717, 1.165) is 34.1 Å². The molecule has 1 aliphatic carbocycles. The Morgan fingerprint density at radius 1 is 0.969 bits per heavy atom. The summed E-state index contributed by atoms with van der Waals surface area (Å²) in [5.41, 5.74) is 6.81. The van der Waals surface area contributed by atoms with Gasteiger partial charge in [-0.1, -0.05) is 56.0 Å². The van der Waals surface area contributed by atoms with Gasteiger partial charge >= 0.3 is 0 Å². The predicted molar refractivity (Wildman–Crippen MR) is 130 cm³/mol. The first kappa shape index (κ1) is 18.4. The molecule has 3 aromatic heterocycles. The van der Waals surface area contributed by atoms with E-state index in [4.69, 9.17) is 0 Å². The van der Waals surface area contributed by atoms with E-state index in [-0.39, 0.29) is 5.82 Å². The van der Waals surface area contributed by atoms with Gasteiger partial charge in [-0.25, -0.2) is 8.96 Å². The Bertz CT molecular complexity index is 1690. The van der Waals surface area contributed by atoms with Crippen molar-refractivity contribution in [1.29, 1.82) is 0 Å². The molecule has 0 atom stereocenters. The Morgan fingerprint density at radius 2 is 1.78 bits per heavy atom. The van der Waals surface area contributed by atoms with Gasteiger partial charge in [0.25, 0.3) is 0 Å². The van der Waals surface area contributed by atoms with Crippen molar-refractivity contribution < 1.29 is 8.96 Å². The Hall–Kier alpha value is -3.20. The number of halogens is 1. The molecule has 158 valence electrons. The molecular weight excluding hydrogens is 395 g/mol. The van der Waals surface area contributed by atoms with Crippen molar-refractivity contribution in [3.05, 3.63) is 71.7 Å². The molecule has 0 bridgehead atoms. The Labute approximate surface area is 186 Å². The number of rotatable bonds is 2. The van der Waals surface area contributed by atoms with E-state index < -0.39 is 0 Å². The van der Waals surface area contributed by atoms with Gasteiger partial charge in [0.1, 0.15) is 12.9 Å². The van der Waals surface area contributed by atoms with Gasteiger partial charge < -0.3 is 4.40 Å². The van der Waals surface area contributed by atoms with E-state index in [1.54, 1.807) is 6.07 Å². The molecule has 7 rings (SSSR count). The van der Waals surface area contributed by atoms with Crippen LogP contribution < -0.4 is 4.57 Å². The van der Waals surface area contributed by atoms with E-state index in [9.17, 15) is 0 Å². The fourth-order valence-electron chi connectivity index (χ4n) is 6.44. The highest BCUT2D eigenvalue weighted by Crippen LogP contribution is 2.42. The number of nitrogens with zero attached hydrogens (tertiary/aromatic N) is 2. The number of hydrogen-bond donors (Lipinski definition) is 0. The number of aromatic nitrogens is 2. The molecule has 6 aromatic rings. The van der Waals surface area contributed by atoms with Crippen LogP contribution in [-0.2, 0) is 13.5 Å². The van der Waals surface area contributed by atoms with Crippen molar-refractivity contribution >= 4 is 49.0 Å². The second-order valence-corrected chi connectivity index (χ2v) is 9.83. The van der Waals surface area contributed by atoms with Crippen molar-refractivity contribution in [2.75, 3.05) is 0 Å². The quantitative estimate of drug-likeness (QED) is 0.162. The van der Waals surface area contributed by atoms with E-state index in [1.165, 1.54) is 58.5 Å². The summed E-state index contributed by atoms with van der Waals surface area (Å²) in [7, 11) is 2.13. The maximum Gasteiger partial charge on any atom is 0.224 e. The molecule has 32 heavy (non-hydrogen) atoms. The number of benzene rings is 3. The van der Waals surface area contributed by atoms with Crippen LogP contribution in [0.3, 0.4) is 0 Å². The smallest absolute Gasteiger partial charge is 0.224 e. The summed E-state index contributed by atoms with van der Waals surface area (Å²) in [5, 5.41) is 5.83. The fourth-order valence-corrected chi connectivity index (χ4v) is 6.44. The van der Waals surface area contributed by atoms with Gasteiger partial charge in [-0.15, -0.1) is 0 Å². The molecule has 1 saturated carbocycles. The van der Waals surface area contributed by atoms with Gasteiger partial charge in [0.2, 0.25) is 5.52 Å². The number of hydrogen-bond acceptors (Lipinski definition) is 0. The Kier molecular flexibility index (Phi) is 3.68. The van der Waals surface area contributed by atoms with Crippen LogP contribution in [0.1, 0.15) is 36.8 Å². The van der Waals surface area contributed by atoms with Gasteiger partial charge in [0.15, 0.2) is 6.20 Å². The van der Waals surface area contributed by atoms with Crippen LogP contribution in [0.15, 0.2) is 54.7 Å². The third kappa shape index (κ3) is 2.31. The third-order valence-electron chi connectivity index (χ3n) is 7.86. The zero-order valence-electron chi connectivity index (χ0n) is 18.6. The van der Waals surface area contributed by atoms with E-state index in [1.807, 2.05) is 6.07 Å². The number of para-hydroxylation sites is 1. The summed E-state index contributed by atoms with van der Waals surface area (Å²) in [6, 6.07) is 16.8. The average molecular weight is 422 g/mol. The maximum absolute atomic E-state index is 15.4. The van der Waals surface area contributed by atoms with Crippen molar-refractivity contribution in [2.24, 2.45) is 13.0 Å². The molecule has 3 heterocycles. The molecule has 0 amide bonds. The van der Waals surface area contributed by atoms with Crippen LogP contribution in [0.5, 0.6) is 0 Å². The monoisotopic (exact) mass is 421 g/mol. The van der Waals surface area contributed by atoms with Crippen molar-refractivity contribution in [1.82, 2.24) is 4.40 Å². The number of pyridine rings is 2. The number of aryl methyl sites for hydroxylation is 2. The highest BCUT2D eigenvalue weighted by molar-refractivity contribution is 6.25. The molecule has 0 radical (unpaired) electrons. The van der Waals surface area contributed by atoms with Crippen LogP contribution in [0.2, 0.25) is 0 Å². The van der Waals surface area contributed by atoms with Gasteiger partial charge in [0, 0.05) is 16.8 Å². The molecule has 0 aliphatic heterocycles. The fraction of sp³-hybridized carbons (Fsp3) is 0.276. The lowest BCUT2D eigenvalue weighted by Crippen LogP contribution is -2.29. The molecule has 0 saturated heterocycles. The Balaban J connectivity index is 1.75. The summed E-state index contributed by atoms with van der Waals surface area (Å²) in [5.74, 6) is 0.621. The Morgan fingerprint density at radius 3 is 2.62 bits per heavy atom. The van der Waals surface area contributed by atoms with Crippen LogP contribution in [0.25, 0.3) is 49.0 Å². The van der Waals surface area contributed by atoms with Gasteiger partial charge in [0.05, 0.1) is 27.3 Å². The lowest BCUT2D eigenvalue weighted by Gasteiger charge is -2.15. The zero-order chi connectivity index (χ0) is 21.6. The first-order valence-corrected chi connectivity index (χ1v) is 11.8. The SMILES string of the molecule is Cc1ccc2c3cccc(F)c3n3c4cc(CC5CCCC5)cc5cc[n+](C)c(c1c23)c54. The van der Waals surface area contributed by atoms with E-state index in [0.29, 0.717) is 5.52 Å². The minimum absolute atomic E-state index is 0.152. The van der Waals surface area contributed by atoms with Crippen molar-refractivity contribution in [3.63, 3.8) is 0 Å². The lowest BCUT2D eigenvalue weighted by molar-refractivity contribution is -0.643. The van der Waals surface area contributed by atoms with E-state index >= 15 is 4.39 Å². The summed E-state index contributed by atoms with van der Waals surface area (Å²) >= 11 is 0. The highest BCUT2D eigenvalue weighted by atomic mass is 19.1. The van der Waals surface area contributed by atoms with Crippen LogP contribution >= 0.6 is 0 Å². The number of fused-ring (bicyclic) bond motifs is 5. The minimum Gasteiger partial charge on any atom is -0.305 e. The second-order valence-electron chi connectivity index (χ2n) is 9.83. The molecule has 0 spiro atoms. The summed E-state index contributed by atoms with van der Waals surface area (Å²) in [6.45, 7) is 2.17. The van der Waals surface area contributed by atoms with Crippen LogP contribution in [-0.4, -0.2) is 4.40 Å². The third-order valence-corrected chi connectivity index (χ3v) is 7.86. The summed E-state index contributed by atoms with van der Waals surface area (Å²) in [6.07, 6.45) is 8.66. The molecule has 0 N–H and O–H groups in total. The minimum atomic E-state index is -0.152. The van der Waals surface area contributed by atoms with Crippen LogP contribution in [0.4, 0.5) is 4.39 Å². The maximum atomic E-state index is 15.4. The standard InChI is InChI=1S/C29H26FN2/c1-17-10-11-22-21-8-5-9-23(30)27(21)32-24-16-19(14-18-6-3-4-7-18)15-20-12-13-31(2)29(26(20)24)25(17)28(22)32/h5,8-13,15-16,18H,3-4,6-7,14H2,1-2H3/q+1.